The maximum absolute atomic E-state index is 9.87. The van der Waals surface area contributed by atoms with Gasteiger partial charge in [0.1, 0.15) is 5.76 Å². The minimum absolute atomic E-state index is 0.185. The van der Waals surface area contributed by atoms with Gasteiger partial charge in [0.2, 0.25) is 0 Å². The van der Waals surface area contributed by atoms with Crippen LogP contribution in [0.1, 0.15) is 18.6 Å². The molecule has 1 aliphatic rings. The van der Waals surface area contributed by atoms with Crippen LogP contribution in [0.3, 0.4) is 0 Å². The van der Waals surface area contributed by atoms with Gasteiger partial charge in [-0.1, -0.05) is 0 Å². The Hall–Kier alpha value is -0.800. The average molecular weight is 195 g/mol. The van der Waals surface area contributed by atoms with Crippen LogP contribution in [0, 0.1) is 5.92 Å². The lowest BCUT2D eigenvalue weighted by Crippen LogP contribution is -2.29. The lowest BCUT2D eigenvalue weighted by Gasteiger charge is -2.18. The van der Waals surface area contributed by atoms with Crippen LogP contribution in [0.2, 0.25) is 0 Å². The molecule has 1 fully saturated rings. The van der Waals surface area contributed by atoms with Crippen LogP contribution >= 0.6 is 0 Å². The number of aliphatic hydroxyl groups is 1. The van der Waals surface area contributed by atoms with Crippen LogP contribution < -0.4 is 5.32 Å². The maximum Gasteiger partial charge on any atom is 0.104 e. The lowest BCUT2D eigenvalue weighted by atomic mass is 9.95. The second kappa shape index (κ2) is 4.62. The summed E-state index contributed by atoms with van der Waals surface area (Å²) >= 11 is 0. The molecule has 1 aromatic rings. The second-order valence-electron chi connectivity index (χ2n) is 3.96. The van der Waals surface area contributed by atoms with Crippen molar-refractivity contribution in [3.8, 4) is 0 Å². The molecular weight excluding hydrogens is 178 g/mol. The molecule has 1 aliphatic heterocycles. The first-order chi connectivity index (χ1) is 6.86. The van der Waals surface area contributed by atoms with E-state index in [1.807, 2.05) is 12.1 Å². The van der Waals surface area contributed by atoms with Gasteiger partial charge in [-0.3, -0.25) is 0 Å². The van der Waals surface area contributed by atoms with Gasteiger partial charge in [0, 0.05) is 18.9 Å². The first-order valence-electron chi connectivity index (χ1n) is 5.27. The number of hydrogen-bond donors (Lipinski definition) is 2. The summed E-state index contributed by atoms with van der Waals surface area (Å²) < 4.78 is 5.29. The van der Waals surface area contributed by atoms with Crippen LogP contribution in [0.5, 0.6) is 0 Å². The molecule has 14 heavy (non-hydrogen) atoms. The van der Waals surface area contributed by atoms with E-state index in [-0.39, 0.29) is 6.10 Å². The molecule has 2 N–H and O–H groups in total. The minimum Gasteiger partial charge on any atom is -0.469 e. The van der Waals surface area contributed by atoms with Gasteiger partial charge in [0.05, 0.1) is 12.4 Å². The molecule has 3 nitrogen and oxygen atoms in total. The van der Waals surface area contributed by atoms with E-state index in [2.05, 4.69) is 5.32 Å². The highest BCUT2D eigenvalue weighted by Gasteiger charge is 2.22. The van der Waals surface area contributed by atoms with Gasteiger partial charge < -0.3 is 14.8 Å². The molecule has 3 heteroatoms. The largest absolute Gasteiger partial charge is 0.469 e. The van der Waals surface area contributed by atoms with E-state index in [9.17, 15) is 5.11 Å². The van der Waals surface area contributed by atoms with Crippen LogP contribution in [0.15, 0.2) is 22.8 Å². The molecule has 2 rings (SSSR count). The highest BCUT2D eigenvalue weighted by molar-refractivity contribution is 5.00. The van der Waals surface area contributed by atoms with Gasteiger partial charge in [-0.2, -0.15) is 0 Å². The Morgan fingerprint density at radius 3 is 3.29 bits per heavy atom. The molecular formula is C11H17NO2. The molecule has 0 aliphatic carbocycles. The summed E-state index contributed by atoms with van der Waals surface area (Å²) in [5.41, 5.74) is 0. The molecule has 2 unspecified atom stereocenters. The molecule has 2 heterocycles. The second-order valence-corrected chi connectivity index (χ2v) is 3.96. The normalized spacial score (nSPS) is 28.6. The van der Waals surface area contributed by atoms with Gasteiger partial charge in [-0.25, -0.2) is 0 Å². The molecule has 78 valence electrons. The standard InChI is InChI=1S/C11H17NO2/c13-11-4-1-5-12-8-9(11)7-10-3-2-6-14-10/h2-3,6,9,11-13H,1,4-5,7-8H2. The van der Waals surface area contributed by atoms with E-state index < -0.39 is 0 Å². The highest BCUT2D eigenvalue weighted by atomic mass is 16.3. The SMILES string of the molecule is OC1CCCNCC1Cc1ccco1. The van der Waals surface area contributed by atoms with Gasteiger partial charge in [0.25, 0.3) is 0 Å². The molecule has 0 bridgehead atoms. The Kier molecular flexibility index (Phi) is 3.22. The number of nitrogens with one attached hydrogen (secondary N) is 1. The molecule has 1 saturated heterocycles. The van der Waals surface area contributed by atoms with Crippen molar-refractivity contribution in [2.24, 2.45) is 5.92 Å². The van der Waals surface area contributed by atoms with E-state index in [1.165, 1.54) is 0 Å². The third-order valence-corrected chi connectivity index (χ3v) is 2.85. The predicted molar refractivity (Wildman–Crippen MR) is 54.0 cm³/mol. The van der Waals surface area contributed by atoms with Gasteiger partial charge in [0.15, 0.2) is 0 Å². The highest BCUT2D eigenvalue weighted by Crippen LogP contribution is 2.17. The Bertz CT molecular complexity index is 258. The minimum atomic E-state index is -0.185. The Balaban J connectivity index is 1.94. The van der Waals surface area contributed by atoms with E-state index >= 15 is 0 Å². The topological polar surface area (TPSA) is 45.4 Å². The van der Waals surface area contributed by atoms with Crippen molar-refractivity contribution in [1.29, 1.82) is 0 Å². The van der Waals surface area contributed by atoms with E-state index in [1.54, 1.807) is 6.26 Å². The summed E-state index contributed by atoms with van der Waals surface area (Å²) in [5.74, 6) is 1.27. The van der Waals surface area contributed by atoms with Crippen LogP contribution in [0.4, 0.5) is 0 Å². The smallest absolute Gasteiger partial charge is 0.104 e. The molecule has 0 aromatic carbocycles. The fourth-order valence-corrected chi connectivity index (χ4v) is 1.99. The monoisotopic (exact) mass is 195 g/mol. The van der Waals surface area contributed by atoms with Crippen molar-refractivity contribution in [1.82, 2.24) is 5.32 Å². The zero-order chi connectivity index (χ0) is 9.80. The Labute approximate surface area is 84.1 Å². The number of furan rings is 1. The van der Waals surface area contributed by atoms with Crippen LogP contribution in [-0.2, 0) is 6.42 Å². The van der Waals surface area contributed by atoms with Gasteiger partial charge in [-0.15, -0.1) is 0 Å². The van der Waals surface area contributed by atoms with Crippen molar-refractivity contribution >= 4 is 0 Å². The van der Waals surface area contributed by atoms with Crippen molar-refractivity contribution in [3.05, 3.63) is 24.2 Å². The van der Waals surface area contributed by atoms with E-state index in [0.717, 1.165) is 38.1 Å². The van der Waals surface area contributed by atoms with Gasteiger partial charge >= 0.3 is 0 Å². The van der Waals surface area contributed by atoms with Crippen molar-refractivity contribution < 1.29 is 9.52 Å². The summed E-state index contributed by atoms with van der Waals surface area (Å²) in [6.07, 6.45) is 4.30. The van der Waals surface area contributed by atoms with Crippen molar-refractivity contribution in [2.45, 2.75) is 25.4 Å². The summed E-state index contributed by atoms with van der Waals surface area (Å²) in [5, 5.41) is 13.2. The van der Waals surface area contributed by atoms with E-state index in [4.69, 9.17) is 4.42 Å². The summed E-state index contributed by atoms with van der Waals surface area (Å²) in [6.45, 7) is 1.91. The summed E-state index contributed by atoms with van der Waals surface area (Å²) in [7, 11) is 0. The zero-order valence-electron chi connectivity index (χ0n) is 8.28. The predicted octanol–water partition coefficient (Wildman–Crippen LogP) is 1.18. The fraction of sp³-hybridized carbons (Fsp3) is 0.636. The fourth-order valence-electron chi connectivity index (χ4n) is 1.99. The van der Waals surface area contributed by atoms with E-state index in [0.29, 0.717) is 5.92 Å². The molecule has 2 atom stereocenters. The maximum atomic E-state index is 9.87. The number of aliphatic hydroxyl groups excluding tert-OH is 1. The summed E-state index contributed by atoms with van der Waals surface area (Å²) in [4.78, 5) is 0. The first kappa shape index (κ1) is 9.74. The summed E-state index contributed by atoms with van der Waals surface area (Å²) in [6, 6.07) is 3.86. The zero-order valence-corrected chi connectivity index (χ0v) is 8.28. The Morgan fingerprint density at radius 1 is 1.57 bits per heavy atom. The number of hydrogen-bond acceptors (Lipinski definition) is 3. The first-order valence-corrected chi connectivity index (χ1v) is 5.27. The lowest BCUT2D eigenvalue weighted by molar-refractivity contribution is 0.103. The van der Waals surface area contributed by atoms with Crippen LogP contribution in [-0.4, -0.2) is 24.3 Å². The molecule has 0 saturated carbocycles. The van der Waals surface area contributed by atoms with Crippen molar-refractivity contribution in [3.63, 3.8) is 0 Å². The third kappa shape index (κ3) is 2.36. The van der Waals surface area contributed by atoms with Crippen molar-refractivity contribution in [2.75, 3.05) is 13.1 Å². The average Bonchev–Trinajstić information content (AvgIpc) is 2.60. The molecule has 0 radical (unpaired) electrons. The third-order valence-electron chi connectivity index (χ3n) is 2.85. The van der Waals surface area contributed by atoms with Crippen LogP contribution in [0.25, 0.3) is 0 Å². The molecule has 0 amide bonds. The quantitative estimate of drug-likeness (QED) is 0.745. The molecule has 0 spiro atoms. The van der Waals surface area contributed by atoms with Gasteiger partial charge in [-0.05, 0) is 31.5 Å². The molecule has 1 aromatic heterocycles. The Morgan fingerprint density at radius 2 is 2.50 bits per heavy atom. The number of rotatable bonds is 2.